The maximum atomic E-state index is 12.5. The number of thioether (sulfide) groups is 1. The molecule has 0 unspecified atom stereocenters. The third-order valence-corrected chi connectivity index (χ3v) is 5.41. The van der Waals surface area contributed by atoms with E-state index in [-0.39, 0.29) is 28.5 Å². The molecule has 2 amide bonds. The van der Waals surface area contributed by atoms with E-state index in [9.17, 15) is 14.7 Å². The van der Waals surface area contributed by atoms with Gasteiger partial charge in [-0.1, -0.05) is 51.8 Å². The van der Waals surface area contributed by atoms with Gasteiger partial charge >= 0.3 is 0 Å². The Kier molecular flexibility index (Phi) is 4.99. The molecule has 2 aromatic carbocycles. The summed E-state index contributed by atoms with van der Waals surface area (Å²) in [6.07, 6.45) is 1.59. The molecule has 122 valence electrons. The third-order valence-electron chi connectivity index (χ3n) is 3.43. The number of rotatable bonds is 3. The highest BCUT2D eigenvalue weighted by atomic mass is 79.9. The molecule has 0 bridgehead atoms. The number of amides is 2. The fourth-order valence-electron chi connectivity index (χ4n) is 2.20. The van der Waals surface area contributed by atoms with E-state index in [2.05, 4.69) is 15.9 Å². The van der Waals surface area contributed by atoms with Crippen LogP contribution in [0.2, 0.25) is 5.02 Å². The van der Waals surface area contributed by atoms with E-state index in [0.717, 1.165) is 21.8 Å². The van der Waals surface area contributed by atoms with Gasteiger partial charge in [0.05, 0.1) is 16.5 Å². The summed E-state index contributed by atoms with van der Waals surface area (Å²) in [4.78, 5) is 26.2. The predicted molar refractivity (Wildman–Crippen MR) is 98.8 cm³/mol. The SMILES string of the molecule is O=C1S/C(=C/c2ccc(O)c(Cl)c2)C(=O)N1Cc1ccccc1Br. The van der Waals surface area contributed by atoms with Crippen molar-refractivity contribution in [2.45, 2.75) is 6.54 Å². The lowest BCUT2D eigenvalue weighted by Crippen LogP contribution is -2.27. The number of phenols is 1. The van der Waals surface area contributed by atoms with E-state index in [1.54, 1.807) is 18.2 Å². The average molecular weight is 425 g/mol. The van der Waals surface area contributed by atoms with Crippen LogP contribution in [0.3, 0.4) is 0 Å². The average Bonchev–Trinajstić information content (AvgIpc) is 2.80. The minimum atomic E-state index is -0.343. The second-order valence-corrected chi connectivity index (χ2v) is 7.32. The molecule has 4 nitrogen and oxygen atoms in total. The number of nitrogens with zero attached hydrogens (tertiary/aromatic N) is 1. The van der Waals surface area contributed by atoms with Crippen molar-refractivity contribution in [3.05, 3.63) is 68.0 Å². The van der Waals surface area contributed by atoms with Crippen molar-refractivity contribution < 1.29 is 14.7 Å². The lowest BCUT2D eigenvalue weighted by atomic mass is 10.2. The van der Waals surface area contributed by atoms with Crippen LogP contribution >= 0.6 is 39.3 Å². The van der Waals surface area contributed by atoms with Gasteiger partial charge in [0.1, 0.15) is 5.75 Å². The highest BCUT2D eigenvalue weighted by molar-refractivity contribution is 9.10. The van der Waals surface area contributed by atoms with Crippen molar-refractivity contribution in [3.8, 4) is 5.75 Å². The second kappa shape index (κ2) is 7.01. The minimum Gasteiger partial charge on any atom is -0.506 e. The molecule has 0 atom stereocenters. The highest BCUT2D eigenvalue weighted by Gasteiger charge is 2.35. The van der Waals surface area contributed by atoms with Crippen LogP contribution in [0.15, 0.2) is 51.8 Å². The maximum absolute atomic E-state index is 12.5. The molecule has 1 aliphatic rings. The largest absolute Gasteiger partial charge is 0.506 e. The summed E-state index contributed by atoms with van der Waals surface area (Å²) >= 11 is 10.2. The number of hydrogen-bond donors (Lipinski definition) is 1. The van der Waals surface area contributed by atoms with Gasteiger partial charge in [-0.15, -0.1) is 0 Å². The Balaban J connectivity index is 1.84. The number of carbonyl (C=O) groups excluding carboxylic acids is 2. The van der Waals surface area contributed by atoms with E-state index < -0.39 is 0 Å². The van der Waals surface area contributed by atoms with E-state index in [0.29, 0.717) is 10.5 Å². The van der Waals surface area contributed by atoms with Gasteiger partial charge in [-0.25, -0.2) is 0 Å². The summed E-state index contributed by atoms with van der Waals surface area (Å²) in [6.45, 7) is 0.208. The molecule has 0 radical (unpaired) electrons. The van der Waals surface area contributed by atoms with Crippen molar-refractivity contribution in [1.29, 1.82) is 0 Å². The van der Waals surface area contributed by atoms with Crippen LogP contribution in [-0.4, -0.2) is 21.2 Å². The zero-order valence-corrected chi connectivity index (χ0v) is 15.4. The van der Waals surface area contributed by atoms with Crippen LogP contribution in [0.1, 0.15) is 11.1 Å². The van der Waals surface area contributed by atoms with E-state index in [1.165, 1.54) is 11.0 Å². The molecular weight excluding hydrogens is 414 g/mol. The van der Waals surface area contributed by atoms with Crippen LogP contribution in [0.4, 0.5) is 4.79 Å². The number of aromatic hydroxyl groups is 1. The first-order chi connectivity index (χ1) is 11.5. The van der Waals surface area contributed by atoms with Crippen molar-refractivity contribution in [1.82, 2.24) is 4.90 Å². The van der Waals surface area contributed by atoms with E-state index >= 15 is 0 Å². The molecule has 1 saturated heterocycles. The highest BCUT2D eigenvalue weighted by Crippen LogP contribution is 2.35. The van der Waals surface area contributed by atoms with Gasteiger partial charge in [-0.05, 0) is 47.2 Å². The Labute approximate surface area is 156 Å². The Morgan fingerprint density at radius 1 is 1.21 bits per heavy atom. The van der Waals surface area contributed by atoms with Crippen LogP contribution in [0.5, 0.6) is 5.75 Å². The summed E-state index contributed by atoms with van der Waals surface area (Å²) in [6, 6.07) is 12.1. The number of imide groups is 1. The van der Waals surface area contributed by atoms with Crippen LogP contribution in [-0.2, 0) is 11.3 Å². The molecule has 1 aliphatic heterocycles. The zero-order chi connectivity index (χ0) is 17.3. The molecule has 0 saturated carbocycles. The van der Waals surface area contributed by atoms with Crippen LogP contribution < -0.4 is 0 Å². The fraction of sp³-hybridized carbons (Fsp3) is 0.0588. The third kappa shape index (κ3) is 3.50. The molecule has 1 heterocycles. The van der Waals surface area contributed by atoms with Crippen molar-refractivity contribution in [3.63, 3.8) is 0 Å². The minimum absolute atomic E-state index is 0.0316. The first-order valence-corrected chi connectivity index (χ1v) is 8.92. The van der Waals surface area contributed by atoms with Crippen molar-refractivity contribution in [2.24, 2.45) is 0 Å². The molecular formula is C17H11BrClNO3S. The molecule has 7 heteroatoms. The summed E-state index contributed by atoms with van der Waals surface area (Å²) in [5.74, 6) is -0.374. The summed E-state index contributed by atoms with van der Waals surface area (Å²) < 4.78 is 0.846. The van der Waals surface area contributed by atoms with Crippen LogP contribution in [0.25, 0.3) is 6.08 Å². The van der Waals surface area contributed by atoms with Crippen molar-refractivity contribution >= 4 is 56.5 Å². The smallest absolute Gasteiger partial charge is 0.293 e. The normalized spacial score (nSPS) is 16.2. The molecule has 24 heavy (non-hydrogen) atoms. The first-order valence-electron chi connectivity index (χ1n) is 6.93. The number of halogens is 2. The van der Waals surface area contributed by atoms with Gasteiger partial charge in [0.25, 0.3) is 11.1 Å². The quantitative estimate of drug-likeness (QED) is 0.701. The number of carbonyl (C=O) groups is 2. The Bertz CT molecular complexity index is 869. The molecule has 3 rings (SSSR count). The number of phenolic OH excluding ortho intramolecular Hbond substituents is 1. The summed E-state index contributed by atoms with van der Waals surface area (Å²) in [5, 5.41) is 9.32. The number of benzene rings is 2. The van der Waals surface area contributed by atoms with Gasteiger partial charge in [-0.2, -0.15) is 0 Å². The van der Waals surface area contributed by atoms with E-state index in [4.69, 9.17) is 11.6 Å². The first kappa shape index (κ1) is 17.1. The molecule has 0 spiro atoms. The standard InChI is InChI=1S/C17H11BrClNO3S/c18-12-4-2-1-3-11(12)9-20-16(22)15(24-17(20)23)8-10-5-6-14(21)13(19)7-10/h1-8,21H,9H2/b15-8+. The summed E-state index contributed by atoms with van der Waals surface area (Å²) in [7, 11) is 0. The predicted octanol–water partition coefficient (Wildman–Crippen LogP) is 5.04. The second-order valence-electron chi connectivity index (χ2n) is 5.07. The molecule has 0 aromatic heterocycles. The maximum Gasteiger partial charge on any atom is 0.293 e. The molecule has 1 N–H and O–H groups in total. The van der Waals surface area contributed by atoms with Gasteiger partial charge in [0.2, 0.25) is 0 Å². The van der Waals surface area contributed by atoms with Crippen molar-refractivity contribution in [2.75, 3.05) is 0 Å². The zero-order valence-electron chi connectivity index (χ0n) is 12.2. The molecule has 2 aromatic rings. The lowest BCUT2D eigenvalue weighted by molar-refractivity contribution is -0.123. The Hall–Kier alpha value is -1.76. The Morgan fingerprint density at radius 2 is 1.96 bits per heavy atom. The number of hydrogen-bond acceptors (Lipinski definition) is 4. The van der Waals surface area contributed by atoms with Gasteiger partial charge < -0.3 is 5.11 Å². The molecule has 0 aliphatic carbocycles. The fourth-order valence-corrected chi connectivity index (χ4v) is 3.64. The van der Waals surface area contributed by atoms with Gasteiger partial charge in [0.15, 0.2) is 0 Å². The van der Waals surface area contributed by atoms with Gasteiger partial charge in [-0.3, -0.25) is 14.5 Å². The lowest BCUT2D eigenvalue weighted by Gasteiger charge is -2.13. The monoisotopic (exact) mass is 423 g/mol. The van der Waals surface area contributed by atoms with Crippen LogP contribution in [0, 0.1) is 0 Å². The Morgan fingerprint density at radius 3 is 2.67 bits per heavy atom. The van der Waals surface area contributed by atoms with E-state index in [1.807, 2.05) is 24.3 Å². The molecule has 1 fully saturated rings. The summed E-state index contributed by atoms with van der Waals surface area (Å²) in [5.41, 5.74) is 1.50. The topological polar surface area (TPSA) is 57.6 Å². The van der Waals surface area contributed by atoms with Gasteiger partial charge in [0, 0.05) is 4.47 Å².